The van der Waals surface area contributed by atoms with Gasteiger partial charge >= 0.3 is 23.9 Å². The molecular weight excluding hydrogens is 364 g/mol. The quantitative estimate of drug-likeness (QED) is 0.613. The Labute approximate surface area is 154 Å². The maximum atomic E-state index is 12.3. The molecule has 0 aliphatic rings. The van der Waals surface area contributed by atoms with Crippen LogP contribution in [0.4, 0.5) is 9.80 Å². The molecule has 0 bridgehead atoms. The first-order valence-corrected chi connectivity index (χ1v) is 8.45. The lowest BCUT2D eigenvalue weighted by Crippen LogP contribution is -2.45. The highest BCUT2D eigenvalue weighted by Gasteiger charge is 2.28. The summed E-state index contributed by atoms with van der Waals surface area (Å²) in [6.45, 7) is 4.90. The van der Waals surface area contributed by atoms with Crippen molar-refractivity contribution in [3.05, 3.63) is 16.0 Å². The lowest BCUT2D eigenvalue weighted by molar-refractivity contribution is -0.137. The van der Waals surface area contributed by atoms with E-state index in [0.717, 1.165) is 11.3 Å². The van der Waals surface area contributed by atoms with Crippen LogP contribution in [0.25, 0.3) is 0 Å². The average Bonchev–Trinajstić information content (AvgIpc) is 2.87. The highest BCUT2D eigenvalue weighted by atomic mass is 32.1. The fraction of sp³-hybridized carbons (Fsp3) is 0.500. The molecule has 1 aromatic rings. The highest BCUT2D eigenvalue weighted by molar-refractivity contribution is 7.18. The third kappa shape index (κ3) is 5.45. The zero-order valence-corrected chi connectivity index (χ0v) is 16.0. The third-order valence-electron chi connectivity index (χ3n) is 3.55. The first kappa shape index (κ1) is 21.4. The number of thiophene rings is 1. The van der Waals surface area contributed by atoms with E-state index in [2.05, 4.69) is 15.4 Å². The normalized spacial score (nSPS) is 10.8. The van der Waals surface area contributed by atoms with Crippen LogP contribution in [0.3, 0.4) is 0 Å². The summed E-state index contributed by atoms with van der Waals surface area (Å²) < 4.78 is 9.38. The zero-order chi connectivity index (χ0) is 20.1. The van der Waals surface area contributed by atoms with Gasteiger partial charge in [0.1, 0.15) is 9.88 Å². The van der Waals surface area contributed by atoms with E-state index in [0.29, 0.717) is 5.56 Å². The topological polar surface area (TPSA) is 131 Å². The number of carboxylic acids is 1. The number of hydrogen-bond donors (Lipinski definition) is 3. The van der Waals surface area contributed by atoms with Crippen molar-refractivity contribution >= 4 is 40.3 Å². The monoisotopic (exact) mass is 386 g/mol. The van der Waals surface area contributed by atoms with E-state index in [4.69, 9.17) is 9.84 Å². The molecule has 0 saturated carbocycles. The van der Waals surface area contributed by atoms with Gasteiger partial charge < -0.3 is 19.9 Å². The first-order valence-electron chi connectivity index (χ1n) is 7.63. The molecule has 0 aromatic carbocycles. The van der Waals surface area contributed by atoms with E-state index in [9.17, 15) is 19.2 Å². The molecule has 144 valence electrons. The second-order valence-corrected chi connectivity index (χ2v) is 7.12. The molecular formula is C16H22N2O7S. The minimum absolute atomic E-state index is 0.0661. The molecule has 0 atom stereocenters. The van der Waals surface area contributed by atoms with E-state index in [1.165, 1.54) is 14.2 Å². The van der Waals surface area contributed by atoms with Crippen molar-refractivity contribution in [1.82, 2.24) is 5.32 Å². The van der Waals surface area contributed by atoms with Crippen LogP contribution in [-0.2, 0) is 14.3 Å². The Kier molecular flexibility index (Phi) is 7.13. The van der Waals surface area contributed by atoms with Crippen molar-refractivity contribution in [2.24, 2.45) is 0 Å². The minimum atomic E-state index is -0.968. The van der Waals surface area contributed by atoms with Gasteiger partial charge in [-0.15, -0.1) is 11.3 Å². The average molecular weight is 386 g/mol. The molecule has 2 amide bonds. The number of aliphatic carboxylic acids is 1. The van der Waals surface area contributed by atoms with Gasteiger partial charge in [-0.05, 0) is 32.8 Å². The van der Waals surface area contributed by atoms with Crippen LogP contribution < -0.4 is 10.6 Å². The third-order valence-corrected chi connectivity index (χ3v) is 4.74. The van der Waals surface area contributed by atoms with Gasteiger partial charge in [0.05, 0.1) is 19.8 Å². The second kappa shape index (κ2) is 8.65. The van der Waals surface area contributed by atoms with Crippen LogP contribution in [-0.4, -0.2) is 48.8 Å². The summed E-state index contributed by atoms with van der Waals surface area (Å²) in [6.07, 6.45) is 0.113. The summed E-state index contributed by atoms with van der Waals surface area (Å²) in [7, 11) is 2.40. The maximum absolute atomic E-state index is 12.3. The number of anilines is 1. The molecule has 1 heterocycles. The largest absolute Gasteiger partial charge is 0.481 e. The van der Waals surface area contributed by atoms with Gasteiger partial charge in [0.15, 0.2) is 0 Å². The van der Waals surface area contributed by atoms with Crippen LogP contribution in [0.15, 0.2) is 0 Å². The Morgan fingerprint density at radius 3 is 2.19 bits per heavy atom. The highest BCUT2D eigenvalue weighted by Crippen LogP contribution is 2.34. The Bertz CT molecular complexity index is 724. The van der Waals surface area contributed by atoms with Crippen molar-refractivity contribution in [2.45, 2.75) is 39.2 Å². The van der Waals surface area contributed by atoms with Gasteiger partial charge in [-0.2, -0.15) is 0 Å². The number of carboxylic acid groups (broad SMARTS) is 1. The smallest absolute Gasteiger partial charge is 0.348 e. The van der Waals surface area contributed by atoms with Crippen molar-refractivity contribution in [3.63, 3.8) is 0 Å². The molecule has 0 aliphatic heterocycles. The molecule has 1 rings (SSSR count). The molecule has 0 aliphatic carbocycles. The lowest BCUT2D eigenvalue weighted by Gasteiger charge is -2.25. The van der Waals surface area contributed by atoms with Crippen molar-refractivity contribution in [1.29, 1.82) is 0 Å². The Balaban J connectivity index is 3.04. The van der Waals surface area contributed by atoms with Crippen LogP contribution in [0, 0.1) is 6.92 Å². The predicted molar refractivity (Wildman–Crippen MR) is 94.8 cm³/mol. The minimum Gasteiger partial charge on any atom is -0.481 e. The van der Waals surface area contributed by atoms with Crippen LogP contribution in [0.5, 0.6) is 0 Å². The van der Waals surface area contributed by atoms with Crippen molar-refractivity contribution in [3.8, 4) is 0 Å². The van der Waals surface area contributed by atoms with Gasteiger partial charge in [-0.25, -0.2) is 14.4 Å². The number of rotatable bonds is 7. The number of methoxy groups -OCH3 is 2. The van der Waals surface area contributed by atoms with Gasteiger partial charge in [-0.1, -0.05) is 0 Å². The fourth-order valence-corrected chi connectivity index (χ4v) is 3.27. The molecule has 0 spiro atoms. The number of amides is 2. The molecule has 1 aromatic heterocycles. The summed E-state index contributed by atoms with van der Waals surface area (Å²) in [4.78, 5) is 47.0. The predicted octanol–water partition coefficient (Wildman–Crippen LogP) is 2.39. The SMILES string of the molecule is COC(=O)c1sc(NC(=O)NC(C)(C)CCC(=O)O)c(C(=O)OC)c1C. The van der Waals surface area contributed by atoms with Gasteiger partial charge in [-0.3, -0.25) is 10.1 Å². The Morgan fingerprint density at radius 1 is 1.12 bits per heavy atom. The van der Waals surface area contributed by atoms with Gasteiger partial charge in [0.2, 0.25) is 0 Å². The maximum Gasteiger partial charge on any atom is 0.348 e. The summed E-state index contributed by atoms with van der Waals surface area (Å²) in [6, 6.07) is -0.636. The molecule has 10 heteroatoms. The van der Waals surface area contributed by atoms with Gasteiger partial charge in [0.25, 0.3) is 0 Å². The molecule has 0 fully saturated rings. The number of hydrogen-bond acceptors (Lipinski definition) is 7. The number of esters is 2. The van der Waals surface area contributed by atoms with Gasteiger partial charge in [0, 0.05) is 12.0 Å². The molecule has 9 nitrogen and oxygen atoms in total. The van der Waals surface area contributed by atoms with E-state index in [-0.39, 0.29) is 28.3 Å². The van der Waals surface area contributed by atoms with Crippen molar-refractivity contribution < 1.29 is 33.8 Å². The second-order valence-electron chi connectivity index (χ2n) is 6.10. The van der Waals surface area contributed by atoms with E-state index >= 15 is 0 Å². The summed E-state index contributed by atoms with van der Waals surface area (Å²) in [5.74, 6) is -2.30. The zero-order valence-electron chi connectivity index (χ0n) is 15.2. The molecule has 26 heavy (non-hydrogen) atoms. The molecule has 0 radical (unpaired) electrons. The van der Waals surface area contributed by atoms with E-state index in [1.54, 1.807) is 20.8 Å². The summed E-state index contributed by atoms with van der Waals surface area (Å²) in [5, 5.41) is 14.1. The van der Waals surface area contributed by atoms with Crippen LogP contribution >= 0.6 is 11.3 Å². The number of carbonyl (C=O) groups excluding carboxylic acids is 3. The number of nitrogens with one attached hydrogen (secondary N) is 2. The number of urea groups is 1. The summed E-state index contributed by atoms with van der Waals surface area (Å²) in [5.41, 5.74) is -0.378. The Hall–Kier alpha value is -2.62. The Morgan fingerprint density at radius 2 is 1.69 bits per heavy atom. The number of ether oxygens (including phenoxy) is 2. The molecule has 0 saturated heterocycles. The first-order chi connectivity index (χ1) is 12.0. The van der Waals surface area contributed by atoms with Crippen LogP contribution in [0.1, 0.15) is 52.3 Å². The standard InChI is InChI=1S/C16H22N2O7S/c1-8-10(13(21)24-4)12(26-11(8)14(22)25-5)17-15(23)18-16(2,3)7-6-9(19)20/h6-7H2,1-5H3,(H,19,20)(H2,17,18,23). The van der Waals surface area contributed by atoms with E-state index < -0.39 is 29.5 Å². The van der Waals surface area contributed by atoms with Crippen LogP contribution in [0.2, 0.25) is 0 Å². The van der Waals surface area contributed by atoms with Crippen molar-refractivity contribution in [2.75, 3.05) is 19.5 Å². The number of carbonyl (C=O) groups is 4. The molecule has 0 unspecified atom stereocenters. The fourth-order valence-electron chi connectivity index (χ4n) is 2.16. The molecule has 3 N–H and O–H groups in total. The summed E-state index contributed by atoms with van der Waals surface area (Å²) >= 11 is 0.894. The lowest BCUT2D eigenvalue weighted by atomic mass is 9.99. The van der Waals surface area contributed by atoms with E-state index in [1.807, 2.05) is 0 Å².